The third kappa shape index (κ3) is 3.89. The number of rotatable bonds is 4. The van der Waals surface area contributed by atoms with Crippen molar-refractivity contribution in [3.05, 3.63) is 64.6 Å². The normalized spacial score (nSPS) is 16.2. The lowest BCUT2D eigenvalue weighted by Crippen LogP contribution is -2.33. The number of urea groups is 1. The van der Waals surface area contributed by atoms with E-state index in [2.05, 4.69) is 15.6 Å². The molecule has 1 unspecified atom stereocenters. The van der Waals surface area contributed by atoms with E-state index >= 15 is 0 Å². The van der Waals surface area contributed by atoms with E-state index in [0.717, 1.165) is 18.4 Å². The van der Waals surface area contributed by atoms with Crippen LogP contribution in [-0.4, -0.2) is 28.3 Å². The highest BCUT2D eigenvalue weighted by Gasteiger charge is 2.21. The fraction of sp³-hybridized carbons (Fsp3) is 0.286. The molecule has 0 spiro atoms. The number of aryl methyl sites for hydroxylation is 1. The van der Waals surface area contributed by atoms with Gasteiger partial charge in [-0.2, -0.15) is 4.98 Å². The fourth-order valence-corrected chi connectivity index (χ4v) is 3.46. The minimum Gasteiger partial charge on any atom is -0.376 e. The molecule has 0 saturated carbocycles. The van der Waals surface area contributed by atoms with Crippen molar-refractivity contribution in [1.82, 2.24) is 9.55 Å². The van der Waals surface area contributed by atoms with E-state index in [1.54, 1.807) is 6.07 Å². The molecule has 7 nitrogen and oxygen atoms in total. The van der Waals surface area contributed by atoms with Crippen LogP contribution in [0.5, 0.6) is 0 Å². The maximum atomic E-state index is 12.7. The monoisotopic (exact) mass is 378 g/mol. The summed E-state index contributed by atoms with van der Waals surface area (Å²) in [5.74, 6) is 0.427. The highest BCUT2D eigenvalue weighted by atomic mass is 16.5. The van der Waals surface area contributed by atoms with E-state index in [4.69, 9.17) is 4.74 Å². The van der Waals surface area contributed by atoms with Crippen LogP contribution in [0.1, 0.15) is 18.4 Å². The molecule has 0 bridgehead atoms. The lowest BCUT2D eigenvalue weighted by atomic mass is 10.2. The molecule has 1 aliphatic rings. The molecule has 1 aromatic heterocycles. The molecule has 3 aromatic rings. The van der Waals surface area contributed by atoms with E-state index in [-0.39, 0.29) is 6.10 Å². The first-order valence-electron chi connectivity index (χ1n) is 9.36. The van der Waals surface area contributed by atoms with Gasteiger partial charge < -0.3 is 10.1 Å². The molecule has 1 aliphatic heterocycles. The van der Waals surface area contributed by atoms with Gasteiger partial charge in [-0.3, -0.25) is 9.88 Å². The molecule has 1 saturated heterocycles. The molecule has 1 fully saturated rings. The Bertz CT molecular complexity index is 1070. The Kier molecular flexibility index (Phi) is 5.08. The minimum absolute atomic E-state index is 0.0546. The Morgan fingerprint density at radius 3 is 2.86 bits per heavy atom. The molecule has 0 aliphatic carbocycles. The van der Waals surface area contributed by atoms with Gasteiger partial charge in [0.25, 0.3) is 0 Å². The van der Waals surface area contributed by atoms with Crippen molar-refractivity contribution < 1.29 is 9.53 Å². The number of fused-ring (bicyclic) bond motifs is 1. The predicted molar refractivity (Wildman–Crippen MR) is 109 cm³/mol. The fourth-order valence-electron chi connectivity index (χ4n) is 3.46. The SMILES string of the molecule is Cc1cccc(NC(=O)Nc2c3ccccc3nc(=O)n2CC2CCCO2)c1. The Balaban J connectivity index is 1.68. The molecule has 1 atom stereocenters. The number of aromatic nitrogens is 2. The van der Waals surface area contributed by atoms with Gasteiger partial charge in [0.05, 0.1) is 18.2 Å². The van der Waals surface area contributed by atoms with Gasteiger partial charge in [0.15, 0.2) is 0 Å². The van der Waals surface area contributed by atoms with Gasteiger partial charge in [-0.05, 0) is 49.6 Å². The summed E-state index contributed by atoms with van der Waals surface area (Å²) in [5, 5.41) is 6.38. The Morgan fingerprint density at radius 1 is 1.21 bits per heavy atom. The van der Waals surface area contributed by atoms with Crippen molar-refractivity contribution in [2.75, 3.05) is 17.2 Å². The molecule has 0 radical (unpaired) electrons. The van der Waals surface area contributed by atoms with E-state index in [0.29, 0.717) is 35.6 Å². The third-order valence-corrected chi connectivity index (χ3v) is 4.79. The molecular weight excluding hydrogens is 356 g/mol. The first kappa shape index (κ1) is 18.2. The standard InChI is InChI=1S/C21H22N4O3/c1-14-6-4-7-15(12-14)22-20(26)24-19-17-9-2-3-10-18(17)23-21(27)25(19)13-16-8-5-11-28-16/h2-4,6-7,9-10,12,16H,5,8,11,13H2,1H3,(H2,22,24,26). The van der Waals surface area contributed by atoms with Crippen LogP contribution in [0.15, 0.2) is 53.3 Å². The van der Waals surface area contributed by atoms with E-state index in [1.807, 2.05) is 49.4 Å². The number of carbonyl (C=O) groups is 1. The van der Waals surface area contributed by atoms with Crippen molar-refractivity contribution in [3.63, 3.8) is 0 Å². The van der Waals surface area contributed by atoms with Crippen LogP contribution in [0.25, 0.3) is 10.9 Å². The van der Waals surface area contributed by atoms with Crippen molar-refractivity contribution in [3.8, 4) is 0 Å². The lowest BCUT2D eigenvalue weighted by Gasteiger charge is -2.18. The molecule has 28 heavy (non-hydrogen) atoms. The number of benzene rings is 2. The second-order valence-electron chi connectivity index (χ2n) is 6.95. The number of anilines is 2. The van der Waals surface area contributed by atoms with Gasteiger partial charge >= 0.3 is 11.7 Å². The summed E-state index contributed by atoms with van der Waals surface area (Å²) in [7, 11) is 0. The van der Waals surface area contributed by atoms with Crippen LogP contribution >= 0.6 is 0 Å². The van der Waals surface area contributed by atoms with Crippen LogP contribution < -0.4 is 16.3 Å². The first-order valence-corrected chi connectivity index (χ1v) is 9.36. The second-order valence-corrected chi connectivity index (χ2v) is 6.95. The topological polar surface area (TPSA) is 85.3 Å². The summed E-state index contributed by atoms with van der Waals surface area (Å²) >= 11 is 0. The summed E-state index contributed by atoms with van der Waals surface area (Å²) < 4.78 is 7.17. The van der Waals surface area contributed by atoms with Gasteiger partial charge in [-0.25, -0.2) is 9.59 Å². The van der Waals surface area contributed by atoms with E-state index in [1.165, 1.54) is 4.57 Å². The predicted octanol–water partition coefficient (Wildman–Crippen LogP) is 3.53. The number of nitrogens with one attached hydrogen (secondary N) is 2. The Hall–Kier alpha value is -3.19. The number of hydrogen-bond acceptors (Lipinski definition) is 4. The summed E-state index contributed by atoms with van der Waals surface area (Å²) in [4.78, 5) is 29.5. The number of ether oxygens (including phenoxy) is 1. The third-order valence-electron chi connectivity index (χ3n) is 4.79. The summed E-state index contributed by atoms with van der Waals surface area (Å²) in [6.07, 6.45) is 1.80. The number of carbonyl (C=O) groups excluding carboxylic acids is 1. The zero-order valence-corrected chi connectivity index (χ0v) is 15.6. The summed E-state index contributed by atoms with van der Waals surface area (Å²) in [5.41, 5.74) is 1.87. The first-order chi connectivity index (χ1) is 13.6. The molecule has 2 N–H and O–H groups in total. The number of amides is 2. The van der Waals surface area contributed by atoms with Gasteiger partial charge in [0, 0.05) is 17.7 Å². The Morgan fingerprint density at radius 2 is 2.07 bits per heavy atom. The van der Waals surface area contributed by atoms with E-state index < -0.39 is 11.7 Å². The highest BCUT2D eigenvalue weighted by Crippen LogP contribution is 2.23. The number of nitrogens with zero attached hydrogens (tertiary/aromatic N) is 2. The van der Waals surface area contributed by atoms with Gasteiger partial charge in [0.1, 0.15) is 5.82 Å². The quantitative estimate of drug-likeness (QED) is 0.727. The summed E-state index contributed by atoms with van der Waals surface area (Å²) in [6, 6.07) is 14.4. The molecule has 7 heteroatoms. The van der Waals surface area contributed by atoms with Crippen LogP contribution in [0.2, 0.25) is 0 Å². The van der Waals surface area contributed by atoms with E-state index in [9.17, 15) is 9.59 Å². The molecule has 2 aromatic carbocycles. The van der Waals surface area contributed by atoms with Gasteiger partial charge in [-0.15, -0.1) is 0 Å². The summed E-state index contributed by atoms with van der Waals surface area (Å²) in [6.45, 7) is 3.01. The average molecular weight is 378 g/mol. The smallest absolute Gasteiger partial charge is 0.349 e. The zero-order chi connectivity index (χ0) is 19.5. The molecule has 4 rings (SSSR count). The zero-order valence-electron chi connectivity index (χ0n) is 15.6. The molecule has 144 valence electrons. The maximum absolute atomic E-state index is 12.7. The van der Waals surface area contributed by atoms with Crippen molar-refractivity contribution in [1.29, 1.82) is 0 Å². The van der Waals surface area contributed by atoms with Crippen molar-refractivity contribution >= 4 is 28.4 Å². The Labute approximate surface area is 162 Å². The molecule has 2 heterocycles. The number of hydrogen-bond donors (Lipinski definition) is 2. The highest BCUT2D eigenvalue weighted by molar-refractivity contribution is 6.04. The molecule has 2 amide bonds. The largest absolute Gasteiger partial charge is 0.376 e. The lowest BCUT2D eigenvalue weighted by molar-refractivity contribution is 0.0964. The minimum atomic E-state index is -0.414. The van der Waals surface area contributed by atoms with Gasteiger partial charge in [0.2, 0.25) is 0 Å². The van der Waals surface area contributed by atoms with Crippen LogP contribution in [0, 0.1) is 6.92 Å². The number of para-hydroxylation sites is 1. The van der Waals surface area contributed by atoms with Crippen molar-refractivity contribution in [2.24, 2.45) is 0 Å². The van der Waals surface area contributed by atoms with Crippen LogP contribution in [0.3, 0.4) is 0 Å². The molecular formula is C21H22N4O3. The van der Waals surface area contributed by atoms with Crippen molar-refractivity contribution in [2.45, 2.75) is 32.4 Å². The van der Waals surface area contributed by atoms with Crippen LogP contribution in [-0.2, 0) is 11.3 Å². The average Bonchev–Trinajstić information content (AvgIpc) is 3.18. The maximum Gasteiger partial charge on any atom is 0.349 e. The van der Waals surface area contributed by atoms with Crippen LogP contribution in [0.4, 0.5) is 16.3 Å². The van der Waals surface area contributed by atoms with Gasteiger partial charge in [-0.1, -0.05) is 24.3 Å². The second kappa shape index (κ2) is 7.82.